The van der Waals surface area contributed by atoms with Crippen molar-refractivity contribution in [1.29, 1.82) is 0 Å². The molecule has 0 aliphatic carbocycles. The Balaban J connectivity index is 2.36. The fourth-order valence-corrected chi connectivity index (χ4v) is 3.17. The number of amides is 2. The molecule has 2 aliphatic rings. The van der Waals surface area contributed by atoms with E-state index in [1.54, 1.807) is 38.2 Å². The van der Waals surface area contributed by atoms with Gasteiger partial charge in [0.15, 0.2) is 17.4 Å². The molecular formula is C12H22N4O5S. The summed E-state index contributed by atoms with van der Waals surface area (Å²) in [6.07, 6.45) is -0.629. The summed E-state index contributed by atoms with van der Waals surface area (Å²) in [7, 11) is 6.26. The molecule has 126 valence electrons. The monoisotopic (exact) mass is 334 g/mol. The topological polar surface area (TPSA) is 67.0 Å². The van der Waals surface area contributed by atoms with E-state index in [0.29, 0.717) is 5.11 Å². The SMILES string of the molecule is COCN1C(=O)N(COC)C2C1N(COC)C(=S)N2COC. The van der Waals surface area contributed by atoms with Gasteiger partial charge in [0, 0.05) is 28.4 Å². The molecule has 0 spiro atoms. The molecule has 2 saturated heterocycles. The van der Waals surface area contributed by atoms with E-state index in [-0.39, 0.29) is 45.3 Å². The first-order valence-corrected chi connectivity index (χ1v) is 7.13. The first-order valence-electron chi connectivity index (χ1n) is 6.72. The summed E-state index contributed by atoms with van der Waals surface area (Å²) in [4.78, 5) is 19.5. The van der Waals surface area contributed by atoms with Crippen molar-refractivity contribution in [3.8, 4) is 0 Å². The predicted octanol–water partition coefficient (Wildman–Crippen LogP) is -0.306. The van der Waals surface area contributed by atoms with Gasteiger partial charge < -0.3 is 28.7 Å². The fourth-order valence-electron chi connectivity index (χ4n) is 2.85. The molecule has 0 aromatic rings. The Morgan fingerprint density at radius 3 is 1.41 bits per heavy atom. The average molecular weight is 334 g/mol. The van der Waals surface area contributed by atoms with Crippen LogP contribution in [0.25, 0.3) is 0 Å². The van der Waals surface area contributed by atoms with Crippen molar-refractivity contribution in [3.05, 3.63) is 0 Å². The lowest BCUT2D eigenvalue weighted by molar-refractivity contribution is -0.0135. The van der Waals surface area contributed by atoms with Gasteiger partial charge in [0.05, 0.1) is 0 Å². The third-order valence-corrected chi connectivity index (χ3v) is 4.07. The predicted molar refractivity (Wildman–Crippen MR) is 80.4 cm³/mol. The van der Waals surface area contributed by atoms with Crippen molar-refractivity contribution in [1.82, 2.24) is 19.6 Å². The zero-order valence-electron chi connectivity index (χ0n) is 13.2. The van der Waals surface area contributed by atoms with Crippen LogP contribution in [0.1, 0.15) is 0 Å². The van der Waals surface area contributed by atoms with Gasteiger partial charge in [-0.25, -0.2) is 4.79 Å². The maximum atomic E-state index is 12.6. The Labute approximate surface area is 135 Å². The van der Waals surface area contributed by atoms with Gasteiger partial charge >= 0.3 is 6.03 Å². The van der Waals surface area contributed by atoms with E-state index < -0.39 is 0 Å². The van der Waals surface area contributed by atoms with Crippen LogP contribution in [0.3, 0.4) is 0 Å². The summed E-state index contributed by atoms with van der Waals surface area (Å²) in [5.41, 5.74) is 0. The van der Waals surface area contributed by atoms with Crippen molar-refractivity contribution >= 4 is 23.4 Å². The van der Waals surface area contributed by atoms with Gasteiger partial charge in [-0.05, 0) is 12.2 Å². The van der Waals surface area contributed by atoms with Crippen molar-refractivity contribution in [2.45, 2.75) is 12.3 Å². The normalized spacial score (nSPS) is 24.7. The molecule has 0 N–H and O–H groups in total. The summed E-state index contributed by atoms with van der Waals surface area (Å²) in [6.45, 7) is 0.858. The Bertz CT molecular complexity index is 356. The van der Waals surface area contributed by atoms with Gasteiger partial charge in [0.2, 0.25) is 0 Å². The number of fused-ring (bicyclic) bond motifs is 1. The van der Waals surface area contributed by atoms with Crippen LogP contribution in [0.5, 0.6) is 0 Å². The number of carbonyl (C=O) groups is 1. The number of carbonyl (C=O) groups excluding carboxylic acids is 1. The molecule has 0 aromatic carbocycles. The first kappa shape index (κ1) is 17.2. The minimum absolute atomic E-state index is 0.157. The molecular weight excluding hydrogens is 312 g/mol. The number of hydrogen-bond donors (Lipinski definition) is 0. The Hall–Kier alpha value is -1.20. The van der Waals surface area contributed by atoms with Crippen molar-refractivity contribution in [3.63, 3.8) is 0 Å². The van der Waals surface area contributed by atoms with Gasteiger partial charge in [0.1, 0.15) is 26.9 Å². The van der Waals surface area contributed by atoms with Gasteiger partial charge in [-0.3, -0.25) is 9.80 Å². The van der Waals surface area contributed by atoms with E-state index in [9.17, 15) is 4.79 Å². The van der Waals surface area contributed by atoms with E-state index in [0.717, 1.165) is 0 Å². The van der Waals surface area contributed by atoms with E-state index in [4.69, 9.17) is 31.2 Å². The van der Waals surface area contributed by atoms with Gasteiger partial charge in [-0.1, -0.05) is 0 Å². The van der Waals surface area contributed by atoms with Crippen LogP contribution in [-0.4, -0.2) is 98.4 Å². The van der Waals surface area contributed by atoms with E-state index >= 15 is 0 Å². The second-order valence-electron chi connectivity index (χ2n) is 4.94. The number of rotatable bonds is 8. The van der Waals surface area contributed by atoms with Crippen LogP contribution < -0.4 is 0 Å². The molecule has 10 heteroatoms. The summed E-state index contributed by atoms with van der Waals surface area (Å²) in [6, 6.07) is -0.177. The molecule has 0 bridgehead atoms. The Morgan fingerprint density at radius 2 is 1.09 bits per heavy atom. The first-order chi connectivity index (χ1) is 10.6. The second-order valence-corrected chi connectivity index (χ2v) is 5.31. The summed E-state index contributed by atoms with van der Waals surface area (Å²) in [5, 5.41) is 0.563. The standard InChI is InChI=1S/C12H22N4O5S/c1-18-5-13-9-10(14(6-19-2)11(13)17)16(8-21-4)12(22)15(9)7-20-3/h9-10H,5-8H2,1-4H3. The lowest BCUT2D eigenvalue weighted by Crippen LogP contribution is -2.48. The molecule has 2 aliphatic heterocycles. The van der Waals surface area contributed by atoms with E-state index in [2.05, 4.69) is 0 Å². The van der Waals surface area contributed by atoms with Gasteiger partial charge in [0.25, 0.3) is 0 Å². The molecule has 0 saturated carbocycles. The number of methoxy groups -OCH3 is 4. The quantitative estimate of drug-likeness (QED) is 0.560. The Morgan fingerprint density at radius 1 is 0.773 bits per heavy atom. The lowest BCUT2D eigenvalue weighted by atomic mass is 10.3. The fraction of sp³-hybridized carbons (Fsp3) is 0.833. The van der Waals surface area contributed by atoms with Crippen molar-refractivity contribution in [2.75, 3.05) is 55.4 Å². The molecule has 2 fully saturated rings. The summed E-state index contributed by atoms with van der Waals surface area (Å²) in [5.74, 6) is 0. The minimum Gasteiger partial charge on any atom is -0.364 e. The maximum absolute atomic E-state index is 12.6. The van der Waals surface area contributed by atoms with Crippen LogP contribution in [0.2, 0.25) is 0 Å². The molecule has 2 unspecified atom stereocenters. The highest BCUT2D eigenvalue weighted by Crippen LogP contribution is 2.34. The average Bonchev–Trinajstić information content (AvgIpc) is 2.90. The molecule has 2 heterocycles. The molecule has 2 rings (SSSR count). The zero-order valence-corrected chi connectivity index (χ0v) is 14.0. The second kappa shape index (κ2) is 7.38. The van der Waals surface area contributed by atoms with Gasteiger partial charge in [-0.15, -0.1) is 0 Å². The smallest absolute Gasteiger partial charge is 0.327 e. The van der Waals surface area contributed by atoms with Crippen molar-refractivity contribution < 1.29 is 23.7 Å². The number of ether oxygens (including phenoxy) is 4. The highest BCUT2D eigenvalue weighted by molar-refractivity contribution is 7.80. The van der Waals surface area contributed by atoms with Crippen LogP contribution in [0.4, 0.5) is 4.79 Å². The number of urea groups is 1. The maximum Gasteiger partial charge on any atom is 0.327 e. The number of hydrogen-bond acceptors (Lipinski definition) is 6. The highest BCUT2D eigenvalue weighted by atomic mass is 32.1. The van der Waals surface area contributed by atoms with Crippen LogP contribution in [-0.2, 0) is 18.9 Å². The van der Waals surface area contributed by atoms with E-state index in [1.807, 2.05) is 9.80 Å². The third kappa shape index (κ3) is 2.72. The largest absolute Gasteiger partial charge is 0.364 e. The molecule has 22 heavy (non-hydrogen) atoms. The number of nitrogens with zero attached hydrogens (tertiary/aromatic N) is 4. The van der Waals surface area contributed by atoms with E-state index in [1.165, 1.54) is 0 Å². The Kier molecular flexibility index (Phi) is 5.75. The van der Waals surface area contributed by atoms with Crippen LogP contribution in [0, 0.1) is 0 Å². The molecule has 9 nitrogen and oxygen atoms in total. The summed E-state index contributed by atoms with van der Waals surface area (Å²) >= 11 is 5.51. The number of thiocarbonyl (C=S) groups is 1. The highest BCUT2D eigenvalue weighted by Gasteiger charge is 2.57. The van der Waals surface area contributed by atoms with Gasteiger partial charge in [-0.2, -0.15) is 0 Å². The molecule has 2 amide bonds. The third-order valence-electron chi connectivity index (χ3n) is 3.60. The molecule has 0 radical (unpaired) electrons. The molecule has 0 aromatic heterocycles. The summed E-state index contributed by atoms with van der Waals surface area (Å²) < 4.78 is 20.8. The lowest BCUT2D eigenvalue weighted by Gasteiger charge is -2.30. The zero-order chi connectivity index (χ0) is 16.3. The van der Waals surface area contributed by atoms with Crippen LogP contribution >= 0.6 is 12.2 Å². The molecule has 2 atom stereocenters. The van der Waals surface area contributed by atoms with Crippen molar-refractivity contribution in [2.24, 2.45) is 0 Å². The van der Waals surface area contributed by atoms with Crippen LogP contribution in [0.15, 0.2) is 0 Å². The minimum atomic E-state index is -0.315.